The average Bonchev–Trinajstić information content (AvgIpc) is 2.90. The highest BCUT2D eigenvalue weighted by atomic mass is 16.1. The average molecular weight is 196 g/mol. The molecule has 0 aromatic rings. The molecular weight excluding hydrogens is 176 g/mol. The standard InChI is InChI=1S/C11H20N2O/c1-2-4-10(14)12-8-11-7-9(11)5-3-6-13-11/h9,13H,2-8H2,1H3,(H,12,14). The van der Waals surface area contributed by atoms with Crippen LogP contribution in [0.2, 0.25) is 0 Å². The summed E-state index contributed by atoms with van der Waals surface area (Å²) in [7, 11) is 0. The normalized spacial score (nSPS) is 34.8. The van der Waals surface area contributed by atoms with Gasteiger partial charge in [-0.05, 0) is 38.1 Å². The first-order valence-corrected chi connectivity index (χ1v) is 5.78. The highest BCUT2D eigenvalue weighted by Crippen LogP contribution is 2.48. The summed E-state index contributed by atoms with van der Waals surface area (Å²) in [4.78, 5) is 11.3. The van der Waals surface area contributed by atoms with Crippen molar-refractivity contribution < 1.29 is 4.79 Å². The van der Waals surface area contributed by atoms with E-state index in [1.165, 1.54) is 19.3 Å². The zero-order chi connectivity index (χ0) is 10.0. The molecule has 80 valence electrons. The van der Waals surface area contributed by atoms with Crippen molar-refractivity contribution in [1.82, 2.24) is 10.6 Å². The molecule has 0 aromatic carbocycles. The van der Waals surface area contributed by atoms with Gasteiger partial charge in [0.2, 0.25) is 5.91 Å². The number of carbonyl (C=O) groups excluding carboxylic acids is 1. The van der Waals surface area contributed by atoms with E-state index in [1.54, 1.807) is 0 Å². The van der Waals surface area contributed by atoms with Crippen LogP contribution in [0.3, 0.4) is 0 Å². The van der Waals surface area contributed by atoms with Crippen molar-refractivity contribution in [1.29, 1.82) is 0 Å². The Balaban J connectivity index is 1.73. The molecule has 1 aliphatic heterocycles. The highest BCUT2D eigenvalue weighted by molar-refractivity contribution is 5.75. The minimum absolute atomic E-state index is 0.208. The quantitative estimate of drug-likeness (QED) is 0.705. The monoisotopic (exact) mass is 196 g/mol. The third-order valence-electron chi connectivity index (χ3n) is 3.52. The molecule has 2 fully saturated rings. The van der Waals surface area contributed by atoms with Crippen LogP contribution < -0.4 is 10.6 Å². The van der Waals surface area contributed by atoms with Crippen LogP contribution >= 0.6 is 0 Å². The molecular formula is C11H20N2O. The molecule has 0 radical (unpaired) electrons. The number of hydrogen-bond acceptors (Lipinski definition) is 2. The number of fused-ring (bicyclic) bond motifs is 1. The molecule has 0 spiro atoms. The zero-order valence-electron chi connectivity index (χ0n) is 8.94. The van der Waals surface area contributed by atoms with E-state index in [2.05, 4.69) is 10.6 Å². The van der Waals surface area contributed by atoms with Gasteiger partial charge in [0, 0.05) is 18.5 Å². The van der Waals surface area contributed by atoms with E-state index in [0.717, 1.165) is 25.4 Å². The summed E-state index contributed by atoms with van der Waals surface area (Å²) in [6.45, 7) is 4.01. The predicted molar refractivity (Wildman–Crippen MR) is 56.0 cm³/mol. The Morgan fingerprint density at radius 3 is 3.21 bits per heavy atom. The van der Waals surface area contributed by atoms with E-state index in [0.29, 0.717) is 12.0 Å². The van der Waals surface area contributed by atoms with Gasteiger partial charge in [0.05, 0.1) is 0 Å². The highest BCUT2D eigenvalue weighted by Gasteiger charge is 2.54. The minimum Gasteiger partial charge on any atom is -0.354 e. The van der Waals surface area contributed by atoms with Gasteiger partial charge in [-0.3, -0.25) is 4.79 Å². The second kappa shape index (κ2) is 3.89. The molecule has 2 aliphatic rings. The zero-order valence-corrected chi connectivity index (χ0v) is 8.94. The molecule has 0 aromatic heterocycles. The minimum atomic E-state index is 0.208. The summed E-state index contributed by atoms with van der Waals surface area (Å²) in [5.74, 6) is 1.04. The maximum Gasteiger partial charge on any atom is 0.220 e. The van der Waals surface area contributed by atoms with Crippen molar-refractivity contribution in [2.45, 2.75) is 44.6 Å². The van der Waals surface area contributed by atoms with Gasteiger partial charge in [-0.2, -0.15) is 0 Å². The lowest BCUT2D eigenvalue weighted by Crippen LogP contribution is -2.46. The number of rotatable bonds is 4. The summed E-state index contributed by atoms with van der Waals surface area (Å²) < 4.78 is 0. The van der Waals surface area contributed by atoms with Gasteiger partial charge < -0.3 is 10.6 Å². The SMILES string of the molecule is CCCC(=O)NCC12CC1CCCN2. The Morgan fingerprint density at radius 2 is 2.50 bits per heavy atom. The van der Waals surface area contributed by atoms with E-state index in [1.807, 2.05) is 6.92 Å². The van der Waals surface area contributed by atoms with E-state index >= 15 is 0 Å². The predicted octanol–water partition coefficient (Wildman–Crippen LogP) is 1.04. The smallest absolute Gasteiger partial charge is 0.220 e. The van der Waals surface area contributed by atoms with Crippen LogP contribution in [0.25, 0.3) is 0 Å². The van der Waals surface area contributed by atoms with Gasteiger partial charge in [0.15, 0.2) is 0 Å². The first-order chi connectivity index (χ1) is 6.77. The van der Waals surface area contributed by atoms with Gasteiger partial charge in [0.1, 0.15) is 0 Å². The number of carbonyl (C=O) groups is 1. The molecule has 2 unspecified atom stereocenters. The van der Waals surface area contributed by atoms with E-state index < -0.39 is 0 Å². The fourth-order valence-corrected chi connectivity index (χ4v) is 2.51. The molecule has 2 N–H and O–H groups in total. The van der Waals surface area contributed by atoms with Crippen molar-refractivity contribution in [2.24, 2.45) is 5.92 Å². The molecule has 2 atom stereocenters. The lowest BCUT2D eigenvalue weighted by atomic mass is 10.1. The van der Waals surface area contributed by atoms with Crippen LogP contribution in [0.4, 0.5) is 0 Å². The third-order valence-corrected chi connectivity index (χ3v) is 3.52. The summed E-state index contributed by atoms with van der Waals surface area (Å²) in [6, 6.07) is 0. The van der Waals surface area contributed by atoms with Crippen molar-refractivity contribution in [3.05, 3.63) is 0 Å². The number of piperidine rings is 1. The van der Waals surface area contributed by atoms with Crippen molar-refractivity contribution in [3.8, 4) is 0 Å². The maximum atomic E-state index is 11.3. The Kier molecular flexibility index (Phi) is 2.77. The Labute approximate surface area is 85.6 Å². The first kappa shape index (κ1) is 9.97. The van der Waals surface area contributed by atoms with Crippen molar-refractivity contribution in [3.63, 3.8) is 0 Å². The lowest BCUT2D eigenvalue weighted by Gasteiger charge is -2.24. The fraction of sp³-hybridized carbons (Fsp3) is 0.909. The van der Waals surface area contributed by atoms with Gasteiger partial charge in [-0.1, -0.05) is 6.92 Å². The first-order valence-electron chi connectivity index (χ1n) is 5.78. The van der Waals surface area contributed by atoms with E-state index in [4.69, 9.17) is 0 Å². The van der Waals surface area contributed by atoms with Crippen LogP contribution in [0.5, 0.6) is 0 Å². The lowest BCUT2D eigenvalue weighted by molar-refractivity contribution is -0.121. The molecule has 2 rings (SSSR count). The second-order valence-corrected chi connectivity index (χ2v) is 4.65. The Bertz CT molecular complexity index is 229. The number of nitrogens with one attached hydrogen (secondary N) is 2. The fourth-order valence-electron chi connectivity index (χ4n) is 2.51. The molecule has 1 saturated heterocycles. The second-order valence-electron chi connectivity index (χ2n) is 4.65. The van der Waals surface area contributed by atoms with Crippen LogP contribution in [0, 0.1) is 5.92 Å². The van der Waals surface area contributed by atoms with Crippen LogP contribution in [-0.2, 0) is 4.79 Å². The van der Waals surface area contributed by atoms with Gasteiger partial charge in [-0.15, -0.1) is 0 Å². The van der Waals surface area contributed by atoms with Crippen LogP contribution in [0.15, 0.2) is 0 Å². The molecule has 1 saturated carbocycles. The summed E-state index contributed by atoms with van der Waals surface area (Å²) in [5.41, 5.74) is 0.293. The van der Waals surface area contributed by atoms with Gasteiger partial charge >= 0.3 is 0 Å². The largest absolute Gasteiger partial charge is 0.354 e. The van der Waals surface area contributed by atoms with Crippen LogP contribution in [0.1, 0.15) is 39.0 Å². The van der Waals surface area contributed by atoms with Crippen LogP contribution in [-0.4, -0.2) is 24.5 Å². The van der Waals surface area contributed by atoms with E-state index in [9.17, 15) is 4.79 Å². The molecule has 3 nitrogen and oxygen atoms in total. The molecule has 1 heterocycles. The number of hydrogen-bond donors (Lipinski definition) is 2. The summed E-state index contributed by atoms with van der Waals surface area (Å²) >= 11 is 0. The molecule has 3 heteroatoms. The summed E-state index contributed by atoms with van der Waals surface area (Å²) in [6.07, 6.45) is 5.52. The number of amides is 1. The Hall–Kier alpha value is -0.570. The van der Waals surface area contributed by atoms with Gasteiger partial charge in [0.25, 0.3) is 0 Å². The Morgan fingerprint density at radius 1 is 1.64 bits per heavy atom. The molecule has 0 bridgehead atoms. The maximum absolute atomic E-state index is 11.3. The topological polar surface area (TPSA) is 41.1 Å². The summed E-state index contributed by atoms with van der Waals surface area (Å²) in [5, 5.41) is 6.59. The molecule has 1 amide bonds. The van der Waals surface area contributed by atoms with E-state index in [-0.39, 0.29) is 5.91 Å². The molecule has 14 heavy (non-hydrogen) atoms. The molecule has 1 aliphatic carbocycles. The van der Waals surface area contributed by atoms with Gasteiger partial charge in [-0.25, -0.2) is 0 Å². The third kappa shape index (κ3) is 1.92. The van der Waals surface area contributed by atoms with Crippen molar-refractivity contribution >= 4 is 5.91 Å². The van der Waals surface area contributed by atoms with Crippen molar-refractivity contribution in [2.75, 3.05) is 13.1 Å².